The van der Waals surface area contributed by atoms with Crippen LogP contribution in [0.15, 0.2) is 0 Å². The summed E-state index contributed by atoms with van der Waals surface area (Å²) in [5.74, 6) is 1.60. The molecule has 0 aromatic rings. The maximum atomic E-state index is 2.68. The molecule has 0 spiro atoms. The molecule has 2 heterocycles. The van der Waals surface area contributed by atoms with Crippen molar-refractivity contribution in [3.63, 3.8) is 0 Å². The van der Waals surface area contributed by atoms with Crippen LogP contribution < -0.4 is 0 Å². The molecule has 0 aromatic carbocycles. The number of rotatable bonds is 9. The van der Waals surface area contributed by atoms with Gasteiger partial charge in [-0.2, -0.15) is 0 Å². The van der Waals surface area contributed by atoms with Gasteiger partial charge in [0.2, 0.25) is 0 Å². The normalized spacial score (nSPS) is 27.9. The fraction of sp³-hybridized carbons (Fsp3) is 1.00. The molecule has 0 aliphatic carbocycles. The highest BCUT2D eigenvalue weighted by atomic mass is 15.2. The van der Waals surface area contributed by atoms with Gasteiger partial charge in [-0.3, -0.25) is 0 Å². The zero-order valence-electron chi connectivity index (χ0n) is 17.2. The molecule has 24 heavy (non-hydrogen) atoms. The lowest BCUT2D eigenvalue weighted by molar-refractivity contribution is 0.197. The van der Waals surface area contributed by atoms with E-state index in [1.165, 1.54) is 65.1 Å². The topological polar surface area (TPSA) is 13.0 Å². The van der Waals surface area contributed by atoms with E-state index >= 15 is 0 Å². The van der Waals surface area contributed by atoms with Gasteiger partial charge in [-0.05, 0) is 71.9 Å². The fourth-order valence-corrected chi connectivity index (χ4v) is 4.39. The van der Waals surface area contributed by atoms with Gasteiger partial charge in [-0.15, -0.1) is 0 Å². The summed E-state index contributed by atoms with van der Waals surface area (Å²) in [6, 6.07) is 1.55. The van der Waals surface area contributed by atoms with Crippen molar-refractivity contribution in [2.45, 2.75) is 52.1 Å². The van der Waals surface area contributed by atoms with Gasteiger partial charge in [-0.25, -0.2) is 0 Å². The van der Waals surface area contributed by atoms with Crippen LogP contribution in [0, 0.1) is 11.8 Å². The van der Waals surface area contributed by atoms with E-state index in [1.807, 2.05) is 0 Å². The van der Waals surface area contributed by atoms with Gasteiger partial charge in [0.15, 0.2) is 0 Å². The van der Waals surface area contributed by atoms with Crippen LogP contribution in [0.1, 0.15) is 40.0 Å². The highest BCUT2D eigenvalue weighted by Gasteiger charge is 2.27. The van der Waals surface area contributed by atoms with E-state index in [0.29, 0.717) is 0 Å². The quantitative estimate of drug-likeness (QED) is 0.639. The van der Waals surface area contributed by atoms with E-state index in [4.69, 9.17) is 0 Å². The van der Waals surface area contributed by atoms with Gasteiger partial charge in [-0.1, -0.05) is 20.8 Å². The third kappa shape index (κ3) is 6.29. The Balaban J connectivity index is 1.62. The molecule has 0 saturated carbocycles. The van der Waals surface area contributed by atoms with Crippen LogP contribution in [-0.4, -0.2) is 98.6 Å². The Morgan fingerprint density at radius 3 is 2.04 bits per heavy atom. The highest BCUT2D eigenvalue weighted by Crippen LogP contribution is 2.19. The summed E-state index contributed by atoms with van der Waals surface area (Å²) in [6.45, 7) is 16.0. The molecule has 0 amide bonds. The Bertz CT molecular complexity index is 358. The predicted molar refractivity (Wildman–Crippen MR) is 105 cm³/mol. The molecule has 0 bridgehead atoms. The molecule has 2 aliphatic rings. The zero-order valence-corrected chi connectivity index (χ0v) is 17.2. The number of hydrogen-bond donors (Lipinski definition) is 0. The number of likely N-dealkylation sites (tertiary alicyclic amines) is 2. The first-order chi connectivity index (χ1) is 11.3. The van der Waals surface area contributed by atoms with E-state index in [1.54, 1.807) is 0 Å². The van der Waals surface area contributed by atoms with Crippen LogP contribution >= 0.6 is 0 Å². The Kier molecular flexibility index (Phi) is 7.99. The molecule has 4 nitrogen and oxygen atoms in total. The second-order valence-electron chi connectivity index (χ2n) is 9.14. The van der Waals surface area contributed by atoms with Crippen molar-refractivity contribution in [2.24, 2.45) is 11.8 Å². The van der Waals surface area contributed by atoms with Crippen molar-refractivity contribution >= 4 is 0 Å². The van der Waals surface area contributed by atoms with Crippen LogP contribution in [0.3, 0.4) is 0 Å². The van der Waals surface area contributed by atoms with Crippen LogP contribution in [0.5, 0.6) is 0 Å². The van der Waals surface area contributed by atoms with Crippen molar-refractivity contribution in [3.05, 3.63) is 0 Å². The summed E-state index contributed by atoms with van der Waals surface area (Å²) in [4.78, 5) is 10.3. The molecular weight excluding hydrogens is 296 g/mol. The SMILES string of the molecule is CC(C)CN1CC[C@@H](N(C)CCC(C)CN2CC[C@H](N(C)C)C2)C1. The molecule has 2 saturated heterocycles. The van der Waals surface area contributed by atoms with Crippen LogP contribution in [0.4, 0.5) is 0 Å². The van der Waals surface area contributed by atoms with Crippen molar-refractivity contribution in [1.29, 1.82) is 0 Å². The maximum Gasteiger partial charge on any atom is 0.0232 e. The summed E-state index contributed by atoms with van der Waals surface area (Å²) in [5.41, 5.74) is 0. The van der Waals surface area contributed by atoms with E-state index in [0.717, 1.165) is 23.9 Å². The zero-order chi connectivity index (χ0) is 17.7. The Morgan fingerprint density at radius 2 is 1.46 bits per heavy atom. The van der Waals surface area contributed by atoms with Gasteiger partial charge in [0.25, 0.3) is 0 Å². The van der Waals surface area contributed by atoms with Gasteiger partial charge in [0, 0.05) is 38.3 Å². The summed E-state index contributed by atoms with van der Waals surface area (Å²) >= 11 is 0. The first-order valence-corrected chi connectivity index (χ1v) is 10.2. The minimum atomic E-state index is 0.769. The lowest BCUT2D eigenvalue weighted by atomic mass is 10.1. The van der Waals surface area contributed by atoms with E-state index < -0.39 is 0 Å². The summed E-state index contributed by atoms with van der Waals surface area (Å²) in [5, 5.41) is 0. The summed E-state index contributed by atoms with van der Waals surface area (Å²) in [7, 11) is 6.78. The molecule has 0 radical (unpaired) electrons. The van der Waals surface area contributed by atoms with Gasteiger partial charge in [0.1, 0.15) is 0 Å². The van der Waals surface area contributed by atoms with Crippen LogP contribution in [0.2, 0.25) is 0 Å². The average molecular weight is 339 g/mol. The second kappa shape index (κ2) is 9.51. The van der Waals surface area contributed by atoms with E-state index in [2.05, 4.69) is 61.5 Å². The van der Waals surface area contributed by atoms with E-state index in [-0.39, 0.29) is 0 Å². The van der Waals surface area contributed by atoms with Crippen molar-refractivity contribution < 1.29 is 0 Å². The third-order valence-corrected chi connectivity index (χ3v) is 6.02. The summed E-state index contributed by atoms with van der Waals surface area (Å²) in [6.07, 6.45) is 4.03. The Morgan fingerprint density at radius 1 is 0.875 bits per heavy atom. The standard InChI is InChI=1S/C20H42N4/c1-17(2)13-23-12-9-20(16-23)22(6)10-7-18(3)14-24-11-8-19(15-24)21(4)5/h17-20H,7-16H2,1-6H3/t18?,19-,20+/m0/s1. The molecular formula is C20H42N4. The lowest BCUT2D eigenvalue weighted by Crippen LogP contribution is -2.37. The predicted octanol–water partition coefficient (Wildman–Crippen LogP) is 2.31. The molecule has 4 heteroatoms. The van der Waals surface area contributed by atoms with Gasteiger partial charge >= 0.3 is 0 Å². The van der Waals surface area contributed by atoms with Crippen molar-refractivity contribution in [1.82, 2.24) is 19.6 Å². The van der Waals surface area contributed by atoms with Gasteiger partial charge in [0.05, 0.1) is 0 Å². The fourth-order valence-electron chi connectivity index (χ4n) is 4.39. The Hall–Kier alpha value is -0.160. The van der Waals surface area contributed by atoms with E-state index in [9.17, 15) is 0 Å². The summed E-state index contributed by atoms with van der Waals surface area (Å²) < 4.78 is 0. The minimum Gasteiger partial charge on any atom is -0.305 e. The second-order valence-corrected chi connectivity index (χ2v) is 9.14. The molecule has 0 aromatic heterocycles. The monoisotopic (exact) mass is 338 g/mol. The molecule has 142 valence electrons. The largest absolute Gasteiger partial charge is 0.305 e. The minimum absolute atomic E-state index is 0.769. The third-order valence-electron chi connectivity index (χ3n) is 6.02. The lowest BCUT2D eigenvalue weighted by Gasteiger charge is -2.28. The number of hydrogen-bond acceptors (Lipinski definition) is 4. The first kappa shape index (κ1) is 20.2. The number of nitrogens with zero attached hydrogens (tertiary/aromatic N) is 4. The molecule has 0 N–H and O–H groups in total. The van der Waals surface area contributed by atoms with Crippen molar-refractivity contribution in [2.75, 3.05) is 67.0 Å². The smallest absolute Gasteiger partial charge is 0.0232 e. The Labute approximate surface area is 151 Å². The molecule has 2 aliphatic heterocycles. The average Bonchev–Trinajstić information content (AvgIpc) is 3.13. The molecule has 3 atom stereocenters. The first-order valence-electron chi connectivity index (χ1n) is 10.2. The van der Waals surface area contributed by atoms with Gasteiger partial charge < -0.3 is 19.6 Å². The highest BCUT2D eigenvalue weighted by molar-refractivity contribution is 4.84. The molecule has 2 fully saturated rings. The van der Waals surface area contributed by atoms with Crippen LogP contribution in [0.25, 0.3) is 0 Å². The van der Waals surface area contributed by atoms with Crippen LogP contribution in [-0.2, 0) is 0 Å². The van der Waals surface area contributed by atoms with Crippen molar-refractivity contribution in [3.8, 4) is 0 Å². The maximum absolute atomic E-state index is 2.68. The number of likely N-dealkylation sites (N-methyl/N-ethyl adjacent to an activating group) is 2. The molecule has 1 unspecified atom stereocenters. The molecule has 2 rings (SSSR count).